The molecule has 4 heteroatoms. The molecule has 4 nitrogen and oxygen atoms in total. The van der Waals surface area contributed by atoms with E-state index in [4.69, 9.17) is 4.74 Å². The minimum Gasteiger partial charge on any atom is -0.544 e. The van der Waals surface area contributed by atoms with E-state index in [0.29, 0.717) is 11.2 Å². The molecule has 0 aromatic carbocycles. The number of quaternary nitrogens is 1. The van der Waals surface area contributed by atoms with Gasteiger partial charge in [0.2, 0.25) is 0 Å². The zero-order chi connectivity index (χ0) is 21.8. The van der Waals surface area contributed by atoms with Crippen molar-refractivity contribution in [1.82, 2.24) is 0 Å². The van der Waals surface area contributed by atoms with Gasteiger partial charge in [0.25, 0.3) is 0 Å². The number of hydrogen-bond acceptors (Lipinski definition) is 3. The standard InChI is InChI=1S/C26H51NO3/c1-2-3-4-5-6-7-8-9-10-11-12-13-14-15-16-20-23-30-25-27(24-26(28)29)21-18-17-19-22-27/h2-25H2,1H3. The van der Waals surface area contributed by atoms with Crippen molar-refractivity contribution < 1.29 is 19.1 Å². The van der Waals surface area contributed by atoms with Gasteiger partial charge in [-0.2, -0.15) is 0 Å². The molecule has 0 unspecified atom stereocenters. The van der Waals surface area contributed by atoms with Gasteiger partial charge in [0.05, 0.1) is 25.7 Å². The molecular formula is C26H51NO3. The van der Waals surface area contributed by atoms with Crippen LogP contribution in [0.2, 0.25) is 0 Å². The highest BCUT2D eigenvalue weighted by Gasteiger charge is 2.30. The smallest absolute Gasteiger partial charge is 0.183 e. The first-order valence-electron chi connectivity index (χ1n) is 13.3. The Bertz CT molecular complexity index is 394. The van der Waals surface area contributed by atoms with Crippen molar-refractivity contribution >= 4 is 5.97 Å². The fourth-order valence-electron chi connectivity index (χ4n) is 4.80. The predicted molar refractivity (Wildman–Crippen MR) is 124 cm³/mol. The van der Waals surface area contributed by atoms with Crippen molar-refractivity contribution in [3.05, 3.63) is 0 Å². The van der Waals surface area contributed by atoms with Crippen LogP contribution in [0, 0.1) is 0 Å². The SMILES string of the molecule is CCCCCCCCCCCCCCCCCCOC[N+]1(CC(=O)[O-])CCCCC1. The fraction of sp³-hybridized carbons (Fsp3) is 0.962. The highest BCUT2D eigenvalue weighted by atomic mass is 16.5. The molecule has 0 aliphatic carbocycles. The van der Waals surface area contributed by atoms with Crippen LogP contribution in [0.1, 0.15) is 129 Å². The van der Waals surface area contributed by atoms with E-state index in [1.807, 2.05) is 0 Å². The Kier molecular flexibility index (Phi) is 17.5. The highest BCUT2D eigenvalue weighted by Crippen LogP contribution is 2.19. The lowest BCUT2D eigenvalue weighted by atomic mass is 10.0. The Labute approximate surface area is 187 Å². The third-order valence-corrected chi connectivity index (χ3v) is 6.74. The minimum absolute atomic E-state index is 0.110. The van der Waals surface area contributed by atoms with E-state index in [2.05, 4.69) is 6.92 Å². The Hall–Kier alpha value is -0.610. The topological polar surface area (TPSA) is 49.4 Å². The van der Waals surface area contributed by atoms with E-state index in [0.717, 1.165) is 39.0 Å². The quantitative estimate of drug-likeness (QED) is 0.168. The maximum Gasteiger partial charge on any atom is 0.183 e. The van der Waals surface area contributed by atoms with Crippen LogP contribution < -0.4 is 5.11 Å². The third-order valence-electron chi connectivity index (χ3n) is 6.74. The van der Waals surface area contributed by atoms with Gasteiger partial charge in [-0.1, -0.05) is 103 Å². The highest BCUT2D eigenvalue weighted by molar-refractivity contribution is 5.65. The van der Waals surface area contributed by atoms with Crippen LogP contribution in [0.4, 0.5) is 0 Å². The minimum atomic E-state index is -0.942. The summed E-state index contributed by atoms with van der Waals surface area (Å²) in [5.41, 5.74) is 0. The predicted octanol–water partition coefficient (Wildman–Crippen LogP) is 5.97. The van der Waals surface area contributed by atoms with Gasteiger partial charge in [-0.3, -0.25) is 4.48 Å². The van der Waals surface area contributed by atoms with Crippen molar-refractivity contribution in [2.75, 3.05) is 33.0 Å². The lowest BCUT2D eigenvalue weighted by Crippen LogP contribution is -2.57. The number of piperidine rings is 1. The van der Waals surface area contributed by atoms with Gasteiger partial charge < -0.3 is 14.6 Å². The molecule has 1 fully saturated rings. The number of carboxylic acid groups (broad SMARTS) is 1. The molecule has 0 radical (unpaired) electrons. The second-order valence-corrected chi connectivity index (χ2v) is 9.72. The van der Waals surface area contributed by atoms with Gasteiger partial charge in [0.1, 0.15) is 6.54 Å². The summed E-state index contributed by atoms with van der Waals surface area (Å²) in [6.07, 6.45) is 25.4. The molecule has 30 heavy (non-hydrogen) atoms. The average Bonchev–Trinajstić information content (AvgIpc) is 2.73. The Balaban J connectivity index is 1.82. The molecule has 0 spiro atoms. The van der Waals surface area contributed by atoms with E-state index in [-0.39, 0.29) is 6.54 Å². The van der Waals surface area contributed by atoms with E-state index < -0.39 is 5.97 Å². The molecule has 1 heterocycles. The summed E-state index contributed by atoms with van der Waals surface area (Å²) in [4.78, 5) is 11.1. The van der Waals surface area contributed by atoms with E-state index >= 15 is 0 Å². The summed E-state index contributed by atoms with van der Waals surface area (Å²) in [6, 6.07) is 0. The normalized spacial score (nSPS) is 16.0. The number of carbonyl (C=O) groups excluding carboxylic acids is 1. The Morgan fingerprint density at radius 2 is 1.13 bits per heavy atom. The van der Waals surface area contributed by atoms with Crippen LogP contribution in [-0.4, -0.2) is 43.4 Å². The fourth-order valence-corrected chi connectivity index (χ4v) is 4.80. The first kappa shape index (κ1) is 27.4. The average molecular weight is 426 g/mol. The zero-order valence-electron chi connectivity index (χ0n) is 20.1. The number of rotatable bonds is 21. The molecule has 0 bridgehead atoms. The first-order chi connectivity index (χ1) is 14.7. The van der Waals surface area contributed by atoms with Crippen LogP contribution in [-0.2, 0) is 9.53 Å². The molecule has 0 amide bonds. The lowest BCUT2D eigenvalue weighted by molar-refractivity contribution is -0.944. The summed E-state index contributed by atoms with van der Waals surface area (Å²) in [5.74, 6) is -0.942. The maximum absolute atomic E-state index is 11.1. The van der Waals surface area contributed by atoms with Crippen LogP contribution in [0.25, 0.3) is 0 Å². The number of hydrogen-bond donors (Lipinski definition) is 0. The number of likely N-dealkylation sites (tertiary alicyclic amines) is 1. The first-order valence-corrected chi connectivity index (χ1v) is 13.3. The van der Waals surface area contributed by atoms with Crippen LogP contribution in [0.15, 0.2) is 0 Å². The number of nitrogens with zero attached hydrogens (tertiary/aromatic N) is 1. The summed E-state index contributed by atoms with van der Waals surface area (Å²) >= 11 is 0. The summed E-state index contributed by atoms with van der Waals surface area (Å²) in [7, 11) is 0. The van der Waals surface area contributed by atoms with Crippen molar-refractivity contribution in [2.45, 2.75) is 129 Å². The van der Waals surface area contributed by atoms with Gasteiger partial charge in [-0.15, -0.1) is 0 Å². The van der Waals surface area contributed by atoms with E-state index in [1.54, 1.807) is 0 Å². The van der Waals surface area contributed by atoms with Crippen LogP contribution >= 0.6 is 0 Å². The Morgan fingerprint density at radius 1 is 0.700 bits per heavy atom. The molecule has 0 saturated carbocycles. The number of unbranched alkanes of at least 4 members (excludes halogenated alkanes) is 15. The molecule has 1 rings (SSSR count). The molecule has 178 valence electrons. The van der Waals surface area contributed by atoms with Crippen LogP contribution in [0.5, 0.6) is 0 Å². The summed E-state index contributed by atoms with van der Waals surface area (Å²) < 4.78 is 6.45. The van der Waals surface area contributed by atoms with Gasteiger partial charge in [-0.25, -0.2) is 0 Å². The molecule has 0 aromatic heterocycles. The van der Waals surface area contributed by atoms with Crippen molar-refractivity contribution in [1.29, 1.82) is 0 Å². The van der Waals surface area contributed by atoms with Gasteiger partial charge in [-0.05, 0) is 25.7 Å². The van der Waals surface area contributed by atoms with E-state index in [9.17, 15) is 9.90 Å². The van der Waals surface area contributed by atoms with Crippen molar-refractivity contribution in [2.24, 2.45) is 0 Å². The Morgan fingerprint density at radius 3 is 1.57 bits per heavy atom. The third kappa shape index (κ3) is 15.2. The maximum atomic E-state index is 11.1. The van der Waals surface area contributed by atoms with Gasteiger partial charge >= 0.3 is 0 Å². The second kappa shape index (κ2) is 19.1. The molecule has 1 aliphatic rings. The number of carbonyl (C=O) groups is 1. The number of ether oxygens (including phenoxy) is 1. The molecule has 0 aromatic rings. The zero-order valence-corrected chi connectivity index (χ0v) is 20.1. The lowest BCUT2D eigenvalue weighted by Gasteiger charge is -2.41. The largest absolute Gasteiger partial charge is 0.544 e. The van der Waals surface area contributed by atoms with Crippen molar-refractivity contribution in [3.63, 3.8) is 0 Å². The summed E-state index contributed by atoms with van der Waals surface area (Å²) in [5, 5.41) is 11.1. The molecule has 0 N–H and O–H groups in total. The second-order valence-electron chi connectivity index (χ2n) is 9.72. The monoisotopic (exact) mass is 425 g/mol. The molecule has 1 saturated heterocycles. The molecule has 0 atom stereocenters. The van der Waals surface area contributed by atoms with Crippen LogP contribution in [0.3, 0.4) is 0 Å². The van der Waals surface area contributed by atoms with Gasteiger partial charge in [0, 0.05) is 0 Å². The number of carboxylic acids is 1. The van der Waals surface area contributed by atoms with Crippen molar-refractivity contribution in [3.8, 4) is 0 Å². The molecular weight excluding hydrogens is 374 g/mol. The summed E-state index contributed by atoms with van der Waals surface area (Å²) in [6.45, 7) is 5.56. The van der Waals surface area contributed by atoms with Gasteiger partial charge in [0.15, 0.2) is 6.73 Å². The number of aliphatic carboxylic acids is 1. The molecule has 1 aliphatic heterocycles. The van der Waals surface area contributed by atoms with E-state index in [1.165, 1.54) is 103 Å².